The standard InChI is InChI=1S/C14H26N2.ClH/c1-10-8-16(5-4-14(10)15)9-13-7-11-2-3-12(13)6-11;/h10-14H,2-9,15H2,1H3;1H. The number of hydrogen-bond acceptors (Lipinski definition) is 2. The SMILES string of the molecule is CC1CN(CC2CC3CCC2C3)CCC1N.Cl. The Morgan fingerprint density at radius 3 is 2.59 bits per heavy atom. The number of likely N-dealkylation sites (tertiary alicyclic amines) is 1. The van der Waals surface area contributed by atoms with Crippen LogP contribution >= 0.6 is 12.4 Å². The zero-order valence-corrected chi connectivity index (χ0v) is 11.8. The Bertz CT molecular complexity index is 259. The second kappa shape index (κ2) is 5.46. The van der Waals surface area contributed by atoms with Crippen LogP contribution in [-0.2, 0) is 0 Å². The van der Waals surface area contributed by atoms with Gasteiger partial charge in [0.1, 0.15) is 0 Å². The summed E-state index contributed by atoms with van der Waals surface area (Å²) in [5, 5.41) is 0. The quantitative estimate of drug-likeness (QED) is 0.825. The van der Waals surface area contributed by atoms with Crippen molar-refractivity contribution < 1.29 is 0 Å². The van der Waals surface area contributed by atoms with Crippen LogP contribution in [0.5, 0.6) is 0 Å². The maximum absolute atomic E-state index is 6.08. The summed E-state index contributed by atoms with van der Waals surface area (Å²) < 4.78 is 0. The van der Waals surface area contributed by atoms with Gasteiger partial charge < -0.3 is 10.6 Å². The molecule has 5 unspecified atom stereocenters. The van der Waals surface area contributed by atoms with Gasteiger partial charge in [-0.3, -0.25) is 0 Å². The van der Waals surface area contributed by atoms with E-state index in [1.807, 2.05) is 0 Å². The summed E-state index contributed by atoms with van der Waals surface area (Å²) in [5.74, 6) is 3.91. The molecule has 2 bridgehead atoms. The molecule has 5 atom stereocenters. The van der Waals surface area contributed by atoms with Gasteiger partial charge in [-0.25, -0.2) is 0 Å². The van der Waals surface area contributed by atoms with Crippen LogP contribution < -0.4 is 5.73 Å². The van der Waals surface area contributed by atoms with Gasteiger partial charge in [-0.1, -0.05) is 13.3 Å². The maximum Gasteiger partial charge on any atom is 0.00889 e. The smallest absolute Gasteiger partial charge is 0.00889 e. The summed E-state index contributed by atoms with van der Waals surface area (Å²) in [6, 6.07) is 0.455. The molecule has 2 saturated carbocycles. The Morgan fingerprint density at radius 1 is 1.18 bits per heavy atom. The minimum Gasteiger partial charge on any atom is -0.327 e. The van der Waals surface area contributed by atoms with Crippen molar-refractivity contribution in [1.29, 1.82) is 0 Å². The van der Waals surface area contributed by atoms with E-state index in [-0.39, 0.29) is 12.4 Å². The number of nitrogens with zero attached hydrogens (tertiary/aromatic N) is 1. The van der Waals surface area contributed by atoms with Gasteiger partial charge in [0.05, 0.1) is 0 Å². The van der Waals surface area contributed by atoms with Crippen molar-refractivity contribution in [3.8, 4) is 0 Å². The molecule has 1 saturated heterocycles. The fraction of sp³-hybridized carbons (Fsp3) is 1.00. The molecule has 3 fully saturated rings. The molecule has 1 aliphatic heterocycles. The van der Waals surface area contributed by atoms with Gasteiger partial charge in [0, 0.05) is 19.1 Å². The van der Waals surface area contributed by atoms with Crippen LogP contribution in [0.2, 0.25) is 0 Å². The highest BCUT2D eigenvalue weighted by Crippen LogP contribution is 2.48. The molecule has 0 spiro atoms. The second-order valence-electron chi connectivity index (χ2n) is 6.62. The molecule has 3 aliphatic rings. The van der Waals surface area contributed by atoms with Crippen LogP contribution in [0, 0.1) is 23.7 Å². The van der Waals surface area contributed by atoms with Gasteiger partial charge in [-0.2, -0.15) is 0 Å². The average molecular weight is 259 g/mol. The lowest BCUT2D eigenvalue weighted by molar-refractivity contribution is 0.125. The van der Waals surface area contributed by atoms with Gasteiger partial charge in [0.25, 0.3) is 0 Å². The van der Waals surface area contributed by atoms with Gasteiger partial charge in [0.2, 0.25) is 0 Å². The van der Waals surface area contributed by atoms with Crippen molar-refractivity contribution in [3.63, 3.8) is 0 Å². The molecule has 2 aliphatic carbocycles. The number of rotatable bonds is 2. The van der Waals surface area contributed by atoms with Crippen LogP contribution in [-0.4, -0.2) is 30.6 Å². The molecule has 0 aromatic rings. The van der Waals surface area contributed by atoms with E-state index >= 15 is 0 Å². The van der Waals surface area contributed by atoms with Crippen molar-refractivity contribution in [2.75, 3.05) is 19.6 Å². The Hall–Kier alpha value is 0.210. The molecule has 3 heteroatoms. The van der Waals surface area contributed by atoms with Crippen LogP contribution in [0.15, 0.2) is 0 Å². The Morgan fingerprint density at radius 2 is 2.00 bits per heavy atom. The fourth-order valence-electron chi connectivity index (χ4n) is 4.35. The lowest BCUT2D eigenvalue weighted by Crippen LogP contribution is -2.47. The number of fused-ring (bicyclic) bond motifs is 2. The van der Waals surface area contributed by atoms with E-state index in [1.165, 1.54) is 45.3 Å². The molecule has 1 heterocycles. The van der Waals surface area contributed by atoms with Crippen LogP contribution in [0.4, 0.5) is 0 Å². The van der Waals surface area contributed by atoms with Crippen LogP contribution in [0.3, 0.4) is 0 Å². The molecule has 0 amide bonds. The summed E-state index contributed by atoms with van der Waals surface area (Å²) in [6.07, 6.45) is 7.35. The van der Waals surface area contributed by atoms with Crippen molar-refractivity contribution in [2.45, 2.75) is 45.1 Å². The zero-order valence-electron chi connectivity index (χ0n) is 11.0. The van der Waals surface area contributed by atoms with Gasteiger partial charge in [0.15, 0.2) is 0 Å². The van der Waals surface area contributed by atoms with Gasteiger partial charge in [-0.05, 0) is 55.9 Å². The Kier molecular flexibility index (Phi) is 4.38. The molecule has 3 rings (SSSR count). The van der Waals surface area contributed by atoms with Crippen LogP contribution in [0.1, 0.15) is 39.0 Å². The van der Waals surface area contributed by atoms with E-state index in [0.717, 1.165) is 17.8 Å². The highest BCUT2D eigenvalue weighted by Gasteiger charge is 2.40. The fourth-order valence-corrected chi connectivity index (χ4v) is 4.35. The summed E-state index contributed by atoms with van der Waals surface area (Å²) >= 11 is 0. The number of nitrogens with two attached hydrogens (primary N) is 1. The summed E-state index contributed by atoms with van der Waals surface area (Å²) in [5.41, 5.74) is 6.08. The third-order valence-corrected chi connectivity index (χ3v) is 5.43. The first-order valence-corrected chi connectivity index (χ1v) is 7.20. The topological polar surface area (TPSA) is 29.3 Å². The molecule has 2 N–H and O–H groups in total. The van der Waals surface area contributed by atoms with E-state index in [1.54, 1.807) is 6.42 Å². The third kappa shape index (κ3) is 2.80. The molecule has 0 aromatic carbocycles. The first kappa shape index (κ1) is 13.6. The number of halogens is 1. The molecule has 0 radical (unpaired) electrons. The van der Waals surface area contributed by atoms with E-state index in [9.17, 15) is 0 Å². The minimum absolute atomic E-state index is 0. The molecular formula is C14H27ClN2. The lowest BCUT2D eigenvalue weighted by Gasteiger charge is -2.37. The first-order valence-electron chi connectivity index (χ1n) is 7.20. The monoisotopic (exact) mass is 258 g/mol. The minimum atomic E-state index is 0. The second-order valence-corrected chi connectivity index (χ2v) is 6.62. The number of piperidine rings is 1. The predicted octanol–water partition coefficient (Wildman–Crippen LogP) is 2.51. The molecular weight excluding hydrogens is 232 g/mol. The van der Waals surface area contributed by atoms with E-state index in [0.29, 0.717) is 12.0 Å². The highest BCUT2D eigenvalue weighted by molar-refractivity contribution is 5.85. The van der Waals surface area contributed by atoms with Crippen LogP contribution in [0.25, 0.3) is 0 Å². The van der Waals surface area contributed by atoms with Crippen molar-refractivity contribution >= 4 is 12.4 Å². The average Bonchev–Trinajstić information content (AvgIpc) is 2.85. The molecule has 2 nitrogen and oxygen atoms in total. The first-order chi connectivity index (χ1) is 7.72. The summed E-state index contributed by atoms with van der Waals surface area (Å²) in [4.78, 5) is 2.69. The van der Waals surface area contributed by atoms with Crippen molar-refractivity contribution in [1.82, 2.24) is 4.90 Å². The molecule has 100 valence electrons. The molecule has 0 aromatic heterocycles. The largest absolute Gasteiger partial charge is 0.327 e. The third-order valence-electron chi connectivity index (χ3n) is 5.43. The normalized spacial score (nSPS) is 45.9. The molecule has 17 heavy (non-hydrogen) atoms. The zero-order chi connectivity index (χ0) is 11.1. The van der Waals surface area contributed by atoms with E-state index < -0.39 is 0 Å². The Balaban J connectivity index is 0.00000108. The van der Waals surface area contributed by atoms with E-state index in [4.69, 9.17) is 5.73 Å². The number of hydrogen-bond donors (Lipinski definition) is 1. The summed E-state index contributed by atoms with van der Waals surface area (Å²) in [7, 11) is 0. The van der Waals surface area contributed by atoms with E-state index in [2.05, 4.69) is 11.8 Å². The van der Waals surface area contributed by atoms with Gasteiger partial charge >= 0.3 is 0 Å². The predicted molar refractivity (Wildman–Crippen MR) is 74.4 cm³/mol. The summed E-state index contributed by atoms with van der Waals surface area (Å²) in [6.45, 7) is 6.18. The Labute approximate surface area is 112 Å². The van der Waals surface area contributed by atoms with Gasteiger partial charge in [-0.15, -0.1) is 12.4 Å². The van der Waals surface area contributed by atoms with Crippen molar-refractivity contribution in [3.05, 3.63) is 0 Å². The van der Waals surface area contributed by atoms with Crippen molar-refractivity contribution in [2.24, 2.45) is 29.4 Å². The maximum atomic E-state index is 6.08. The lowest BCUT2D eigenvalue weighted by atomic mass is 9.87. The highest BCUT2D eigenvalue weighted by atomic mass is 35.5.